The van der Waals surface area contributed by atoms with Gasteiger partial charge in [-0.3, -0.25) is 9.69 Å². The van der Waals surface area contributed by atoms with Gasteiger partial charge >= 0.3 is 5.97 Å². The van der Waals surface area contributed by atoms with E-state index in [2.05, 4.69) is 9.88 Å². The maximum Gasteiger partial charge on any atom is 0.358 e. The molecule has 2 rings (SSSR count). The first kappa shape index (κ1) is 15.5. The van der Waals surface area contributed by atoms with E-state index >= 15 is 0 Å². The maximum atomic E-state index is 11.9. The summed E-state index contributed by atoms with van der Waals surface area (Å²) in [7, 11) is 2.04. The zero-order valence-electron chi connectivity index (χ0n) is 11.8. The Balaban J connectivity index is 2.33. The Labute approximate surface area is 126 Å². The topological polar surface area (TPSA) is 59.5 Å². The van der Waals surface area contributed by atoms with Crippen LogP contribution in [0.25, 0.3) is 0 Å². The Morgan fingerprint density at radius 1 is 1.50 bits per heavy atom. The number of esters is 1. The average Bonchev–Trinajstić information content (AvgIpc) is 2.84. The van der Waals surface area contributed by atoms with Gasteiger partial charge in [-0.25, -0.2) is 9.78 Å². The van der Waals surface area contributed by atoms with Crippen LogP contribution < -0.4 is 0 Å². The zero-order chi connectivity index (χ0) is 14.7. The van der Waals surface area contributed by atoms with E-state index in [1.807, 2.05) is 18.8 Å². The molecular formula is C13H18N2O3S2. The van der Waals surface area contributed by atoms with Gasteiger partial charge in [-0.2, -0.15) is 11.8 Å². The normalized spacial score (nSPS) is 19.9. The molecule has 20 heavy (non-hydrogen) atoms. The van der Waals surface area contributed by atoms with Crippen LogP contribution in [0.2, 0.25) is 0 Å². The van der Waals surface area contributed by atoms with Crippen LogP contribution in [0.15, 0.2) is 0 Å². The summed E-state index contributed by atoms with van der Waals surface area (Å²) in [5.74, 6) is 1.39. The van der Waals surface area contributed by atoms with Gasteiger partial charge in [-0.15, -0.1) is 11.3 Å². The third kappa shape index (κ3) is 3.21. The number of ketones is 1. The van der Waals surface area contributed by atoms with Gasteiger partial charge in [-0.05, 0) is 14.0 Å². The molecular weight excluding hydrogens is 296 g/mol. The molecule has 2 heterocycles. The summed E-state index contributed by atoms with van der Waals surface area (Å²) in [5, 5.41) is 0.827. The molecule has 0 amide bonds. The fourth-order valence-electron chi connectivity index (χ4n) is 2.00. The number of aromatic nitrogens is 1. The van der Waals surface area contributed by atoms with Crippen molar-refractivity contribution in [3.63, 3.8) is 0 Å². The average molecular weight is 314 g/mol. The molecule has 1 aliphatic rings. The summed E-state index contributed by atoms with van der Waals surface area (Å²) in [6.45, 7) is 4.46. The van der Waals surface area contributed by atoms with Crippen LogP contribution in [-0.4, -0.2) is 53.3 Å². The van der Waals surface area contributed by atoms with Crippen LogP contribution in [0.3, 0.4) is 0 Å². The van der Waals surface area contributed by atoms with Crippen LogP contribution in [0.5, 0.6) is 0 Å². The number of carbonyl (C=O) groups is 2. The minimum Gasteiger partial charge on any atom is -0.461 e. The number of nitrogens with zero attached hydrogens (tertiary/aromatic N) is 2. The summed E-state index contributed by atoms with van der Waals surface area (Å²) in [4.78, 5) is 30.6. The van der Waals surface area contributed by atoms with E-state index in [9.17, 15) is 9.59 Å². The molecule has 0 aliphatic carbocycles. The zero-order valence-corrected chi connectivity index (χ0v) is 13.5. The molecule has 0 radical (unpaired) electrons. The molecule has 1 aliphatic heterocycles. The van der Waals surface area contributed by atoms with Gasteiger partial charge in [0.1, 0.15) is 9.88 Å². The number of carbonyl (C=O) groups excluding carboxylic acids is 2. The summed E-state index contributed by atoms with van der Waals surface area (Å²) in [6, 6.07) is 0.167. The van der Waals surface area contributed by atoms with Crippen LogP contribution >= 0.6 is 23.1 Å². The molecule has 1 fully saturated rings. The summed E-state index contributed by atoms with van der Waals surface area (Å²) >= 11 is 3.18. The number of hydrogen-bond donors (Lipinski definition) is 0. The SMILES string of the molecule is CCOC(=O)c1nc(C2CSCCN2C)sc1C(C)=O. The van der Waals surface area contributed by atoms with Crippen molar-refractivity contribution < 1.29 is 14.3 Å². The fraction of sp³-hybridized carbons (Fsp3) is 0.615. The Morgan fingerprint density at radius 2 is 2.25 bits per heavy atom. The second-order valence-corrected chi connectivity index (χ2v) is 6.76. The van der Waals surface area contributed by atoms with E-state index in [1.54, 1.807) is 6.92 Å². The predicted octanol–water partition coefficient (Wildman–Crippen LogP) is 2.24. The molecule has 0 aromatic carbocycles. The van der Waals surface area contributed by atoms with E-state index in [0.29, 0.717) is 4.88 Å². The molecule has 1 aromatic rings. The van der Waals surface area contributed by atoms with Crippen molar-refractivity contribution >= 4 is 34.9 Å². The van der Waals surface area contributed by atoms with Crippen molar-refractivity contribution in [2.24, 2.45) is 0 Å². The van der Waals surface area contributed by atoms with Crippen LogP contribution in [0.1, 0.15) is 45.1 Å². The van der Waals surface area contributed by atoms with E-state index in [-0.39, 0.29) is 24.1 Å². The molecule has 7 heteroatoms. The minimum absolute atomic E-state index is 0.136. The number of thioether (sulfide) groups is 1. The largest absolute Gasteiger partial charge is 0.461 e. The van der Waals surface area contributed by atoms with E-state index in [4.69, 9.17) is 4.74 Å². The second kappa shape index (κ2) is 6.69. The van der Waals surface area contributed by atoms with Crippen molar-refractivity contribution in [2.45, 2.75) is 19.9 Å². The summed E-state index contributed by atoms with van der Waals surface area (Å²) in [5.41, 5.74) is 0.170. The Hall–Kier alpha value is -0.920. The number of Topliss-reactive ketones (excluding diaryl/α,β-unsaturated/α-hetero) is 1. The van der Waals surface area contributed by atoms with Gasteiger partial charge in [0.25, 0.3) is 0 Å². The molecule has 1 unspecified atom stereocenters. The lowest BCUT2D eigenvalue weighted by molar-refractivity contribution is 0.0517. The highest BCUT2D eigenvalue weighted by Crippen LogP contribution is 2.33. The number of hydrogen-bond acceptors (Lipinski definition) is 7. The second-order valence-electron chi connectivity index (χ2n) is 4.58. The van der Waals surface area contributed by atoms with Crippen LogP contribution in [0, 0.1) is 0 Å². The number of thiazole rings is 1. The summed E-state index contributed by atoms with van der Waals surface area (Å²) in [6.07, 6.45) is 0. The molecule has 0 spiro atoms. The van der Waals surface area contributed by atoms with Gasteiger partial charge in [0.2, 0.25) is 0 Å². The first-order chi connectivity index (χ1) is 9.54. The third-order valence-electron chi connectivity index (χ3n) is 3.11. The van der Waals surface area contributed by atoms with Gasteiger partial charge in [-0.1, -0.05) is 0 Å². The molecule has 1 saturated heterocycles. The molecule has 110 valence electrons. The molecule has 1 aromatic heterocycles. The molecule has 0 saturated carbocycles. The van der Waals surface area contributed by atoms with Gasteiger partial charge in [0.05, 0.1) is 12.6 Å². The van der Waals surface area contributed by atoms with Crippen molar-refractivity contribution in [3.05, 3.63) is 15.6 Å². The van der Waals surface area contributed by atoms with E-state index in [1.165, 1.54) is 18.3 Å². The Bertz CT molecular complexity index is 516. The van der Waals surface area contributed by atoms with Crippen molar-refractivity contribution in [3.8, 4) is 0 Å². The third-order valence-corrected chi connectivity index (χ3v) is 5.39. The first-order valence-electron chi connectivity index (χ1n) is 6.51. The van der Waals surface area contributed by atoms with Crippen LogP contribution in [-0.2, 0) is 4.74 Å². The minimum atomic E-state index is -0.508. The molecule has 0 bridgehead atoms. The van der Waals surface area contributed by atoms with E-state index in [0.717, 1.165) is 23.1 Å². The molecule has 1 atom stereocenters. The van der Waals surface area contributed by atoms with Crippen molar-refractivity contribution in [1.82, 2.24) is 9.88 Å². The van der Waals surface area contributed by atoms with Gasteiger partial charge < -0.3 is 4.74 Å². The first-order valence-corrected chi connectivity index (χ1v) is 8.48. The highest BCUT2D eigenvalue weighted by molar-refractivity contribution is 7.99. The molecule has 0 N–H and O–H groups in total. The highest BCUT2D eigenvalue weighted by atomic mass is 32.2. The maximum absolute atomic E-state index is 11.9. The van der Waals surface area contributed by atoms with Crippen molar-refractivity contribution in [1.29, 1.82) is 0 Å². The van der Waals surface area contributed by atoms with Gasteiger partial charge in [0.15, 0.2) is 11.5 Å². The number of ether oxygens (including phenoxy) is 1. The predicted molar refractivity (Wildman–Crippen MR) is 80.8 cm³/mol. The monoisotopic (exact) mass is 314 g/mol. The lowest BCUT2D eigenvalue weighted by Crippen LogP contribution is -2.32. The van der Waals surface area contributed by atoms with Crippen molar-refractivity contribution in [2.75, 3.05) is 31.7 Å². The molecule has 5 nitrogen and oxygen atoms in total. The summed E-state index contributed by atoms with van der Waals surface area (Å²) < 4.78 is 4.98. The Morgan fingerprint density at radius 3 is 2.85 bits per heavy atom. The lowest BCUT2D eigenvalue weighted by atomic mass is 10.2. The standard InChI is InChI=1S/C13H18N2O3S2/c1-4-18-13(17)10-11(8(2)16)20-12(14-10)9-7-19-6-5-15(9)3/h9H,4-7H2,1-3H3. The smallest absolute Gasteiger partial charge is 0.358 e. The van der Waals surface area contributed by atoms with Gasteiger partial charge in [0, 0.05) is 25.0 Å². The van der Waals surface area contributed by atoms with Crippen LogP contribution in [0.4, 0.5) is 0 Å². The fourth-order valence-corrected chi connectivity index (χ4v) is 4.44. The lowest BCUT2D eigenvalue weighted by Gasteiger charge is -2.30. The van der Waals surface area contributed by atoms with E-state index < -0.39 is 5.97 Å². The number of rotatable bonds is 4. The quantitative estimate of drug-likeness (QED) is 0.627. The Kier molecular flexibility index (Phi) is 5.17. The highest BCUT2D eigenvalue weighted by Gasteiger charge is 2.29.